The van der Waals surface area contributed by atoms with E-state index in [0.717, 1.165) is 39.0 Å². The molecule has 4 rings (SSSR count). The average Bonchev–Trinajstić information content (AvgIpc) is 3.09. The molecule has 1 saturated carbocycles. The highest BCUT2D eigenvalue weighted by Crippen LogP contribution is 2.59. The molecule has 1 spiro atoms. The Balaban J connectivity index is 1.18. The summed E-state index contributed by atoms with van der Waals surface area (Å²) in [6.45, 7) is 4.20. The van der Waals surface area contributed by atoms with E-state index in [-0.39, 0.29) is 5.92 Å². The topological polar surface area (TPSA) is 32.3 Å². The maximum absolute atomic E-state index is 12.5. The molecule has 1 N–H and O–H groups in total. The molecule has 1 aromatic rings. The summed E-state index contributed by atoms with van der Waals surface area (Å²) in [6.07, 6.45) is 12.1. The first kappa shape index (κ1) is 17.3. The third-order valence-corrected chi connectivity index (χ3v) is 7.21. The molecule has 0 radical (unpaired) electrons. The summed E-state index contributed by atoms with van der Waals surface area (Å²) < 4.78 is 0. The second-order valence-corrected chi connectivity index (χ2v) is 8.96. The second-order valence-electron chi connectivity index (χ2n) is 8.18. The van der Waals surface area contributed by atoms with Crippen LogP contribution < -0.4 is 5.32 Å². The first-order valence-corrected chi connectivity index (χ1v) is 10.9. The minimum atomic E-state index is 0.288. The molecule has 3 nitrogen and oxygen atoms in total. The molecule has 1 amide bonds. The molecule has 0 bridgehead atoms. The van der Waals surface area contributed by atoms with Gasteiger partial charge in [-0.15, -0.1) is 0 Å². The molecule has 2 heterocycles. The fourth-order valence-corrected chi connectivity index (χ4v) is 5.33. The Hall–Kier alpha value is -1.13. The molecule has 2 fully saturated rings. The number of hydrogen-bond acceptors (Lipinski definition) is 3. The lowest BCUT2D eigenvalue weighted by Crippen LogP contribution is -2.36. The predicted molar refractivity (Wildman–Crippen MR) is 104 cm³/mol. The molecular formula is C21H30N2OS. The van der Waals surface area contributed by atoms with E-state index in [1.165, 1.54) is 44.1 Å². The lowest BCUT2D eigenvalue weighted by Gasteiger charge is -2.32. The van der Waals surface area contributed by atoms with Crippen LogP contribution in [0, 0.1) is 11.3 Å². The summed E-state index contributed by atoms with van der Waals surface area (Å²) >= 11 is 1.78. The van der Waals surface area contributed by atoms with E-state index >= 15 is 0 Å². The highest BCUT2D eigenvalue weighted by Gasteiger charge is 2.58. The summed E-state index contributed by atoms with van der Waals surface area (Å²) in [7, 11) is 0. The number of amides is 1. The van der Waals surface area contributed by atoms with Crippen LogP contribution in [0.25, 0.3) is 0 Å². The van der Waals surface area contributed by atoms with Gasteiger partial charge in [0.1, 0.15) is 0 Å². The Labute approximate surface area is 155 Å². The number of allylic oxidation sites excluding steroid dienone is 1. The van der Waals surface area contributed by atoms with Crippen LogP contribution in [0.1, 0.15) is 56.9 Å². The number of likely N-dealkylation sites (tertiary alicyclic amines) is 1. The number of piperidine rings is 1. The van der Waals surface area contributed by atoms with Crippen molar-refractivity contribution in [3.05, 3.63) is 34.0 Å². The van der Waals surface area contributed by atoms with Crippen LogP contribution in [-0.4, -0.2) is 30.4 Å². The van der Waals surface area contributed by atoms with Crippen LogP contribution in [0.2, 0.25) is 0 Å². The van der Waals surface area contributed by atoms with E-state index in [1.54, 1.807) is 16.9 Å². The van der Waals surface area contributed by atoms with Crippen molar-refractivity contribution >= 4 is 17.2 Å². The molecule has 1 aromatic heterocycles. The molecule has 1 unspecified atom stereocenters. The molecule has 1 aliphatic heterocycles. The molecule has 1 atom stereocenters. The van der Waals surface area contributed by atoms with Crippen LogP contribution >= 0.6 is 11.3 Å². The summed E-state index contributed by atoms with van der Waals surface area (Å²) in [5.41, 5.74) is 3.32. The van der Waals surface area contributed by atoms with Gasteiger partial charge >= 0.3 is 0 Å². The van der Waals surface area contributed by atoms with Gasteiger partial charge in [-0.25, -0.2) is 0 Å². The average molecular weight is 359 g/mol. The van der Waals surface area contributed by atoms with E-state index in [1.807, 2.05) is 0 Å². The summed E-state index contributed by atoms with van der Waals surface area (Å²) in [5, 5.41) is 7.63. The molecule has 0 aromatic carbocycles. The molecule has 25 heavy (non-hydrogen) atoms. The van der Waals surface area contributed by atoms with Gasteiger partial charge in [0, 0.05) is 19.0 Å². The lowest BCUT2D eigenvalue weighted by atomic mass is 9.90. The van der Waals surface area contributed by atoms with Crippen molar-refractivity contribution in [1.82, 2.24) is 10.2 Å². The van der Waals surface area contributed by atoms with E-state index in [9.17, 15) is 4.79 Å². The Kier molecular flexibility index (Phi) is 5.28. The molecule has 136 valence electrons. The van der Waals surface area contributed by atoms with Gasteiger partial charge < -0.3 is 5.32 Å². The first-order chi connectivity index (χ1) is 12.3. The molecule has 2 aliphatic carbocycles. The maximum Gasteiger partial charge on any atom is 0.223 e. The number of hydrogen-bond donors (Lipinski definition) is 1. The van der Waals surface area contributed by atoms with Gasteiger partial charge in [-0.05, 0) is 92.3 Å². The number of nitrogens with one attached hydrogen (secondary N) is 1. The smallest absolute Gasteiger partial charge is 0.223 e. The van der Waals surface area contributed by atoms with E-state index in [4.69, 9.17) is 0 Å². The Morgan fingerprint density at radius 2 is 2.20 bits per heavy atom. The monoisotopic (exact) mass is 358 g/mol. The van der Waals surface area contributed by atoms with Crippen molar-refractivity contribution < 1.29 is 4.79 Å². The van der Waals surface area contributed by atoms with Gasteiger partial charge in [0.25, 0.3) is 0 Å². The zero-order valence-corrected chi connectivity index (χ0v) is 16.0. The summed E-state index contributed by atoms with van der Waals surface area (Å²) in [5.74, 6) is 0.610. The first-order valence-electron chi connectivity index (χ1n) is 9.94. The number of carbonyl (C=O) groups is 1. The van der Waals surface area contributed by atoms with Crippen LogP contribution in [-0.2, 0) is 11.3 Å². The zero-order valence-electron chi connectivity index (χ0n) is 15.1. The van der Waals surface area contributed by atoms with Gasteiger partial charge in [0.05, 0.1) is 0 Å². The molecule has 1 saturated heterocycles. The van der Waals surface area contributed by atoms with Crippen molar-refractivity contribution in [2.75, 3.05) is 19.6 Å². The third kappa shape index (κ3) is 4.17. The van der Waals surface area contributed by atoms with Crippen LogP contribution in [0.3, 0.4) is 0 Å². The maximum atomic E-state index is 12.5. The van der Waals surface area contributed by atoms with Gasteiger partial charge in [-0.2, -0.15) is 11.3 Å². The molecule has 4 heteroatoms. The third-order valence-electron chi connectivity index (χ3n) is 6.47. The number of rotatable bonds is 6. The van der Waals surface area contributed by atoms with Crippen molar-refractivity contribution in [1.29, 1.82) is 0 Å². The second kappa shape index (κ2) is 7.63. The Bertz CT molecular complexity index is 614. The van der Waals surface area contributed by atoms with Gasteiger partial charge in [0.2, 0.25) is 5.91 Å². The van der Waals surface area contributed by atoms with Gasteiger partial charge in [-0.3, -0.25) is 9.69 Å². The van der Waals surface area contributed by atoms with Crippen LogP contribution in [0.5, 0.6) is 0 Å². The standard InChI is InChI=1S/C21H30N2OS/c24-20(22-10-6-17-4-2-1-3-5-17)19-14-21(19)8-11-23(12-9-21)15-18-7-13-25-16-18/h4,7,13,16,19H,1-3,5-6,8-12,14-15H2,(H,22,24). The normalized spacial score (nSPS) is 25.6. The largest absolute Gasteiger partial charge is 0.356 e. The quantitative estimate of drug-likeness (QED) is 0.767. The van der Waals surface area contributed by atoms with Crippen LogP contribution in [0.4, 0.5) is 0 Å². The Morgan fingerprint density at radius 3 is 2.92 bits per heavy atom. The minimum absolute atomic E-state index is 0.288. The highest BCUT2D eigenvalue weighted by molar-refractivity contribution is 7.07. The molecule has 3 aliphatic rings. The van der Waals surface area contributed by atoms with Crippen molar-refractivity contribution in [3.63, 3.8) is 0 Å². The summed E-state index contributed by atoms with van der Waals surface area (Å²) in [6, 6.07) is 2.23. The van der Waals surface area contributed by atoms with Gasteiger partial charge in [-0.1, -0.05) is 11.6 Å². The zero-order chi connectivity index (χ0) is 17.1. The fraction of sp³-hybridized carbons (Fsp3) is 0.667. The van der Waals surface area contributed by atoms with E-state index < -0.39 is 0 Å². The number of nitrogens with zero attached hydrogens (tertiary/aromatic N) is 1. The Morgan fingerprint density at radius 1 is 1.32 bits per heavy atom. The minimum Gasteiger partial charge on any atom is -0.356 e. The van der Waals surface area contributed by atoms with Crippen molar-refractivity contribution in [2.24, 2.45) is 11.3 Å². The highest BCUT2D eigenvalue weighted by atomic mass is 32.1. The van der Waals surface area contributed by atoms with E-state index in [2.05, 4.69) is 33.1 Å². The lowest BCUT2D eigenvalue weighted by molar-refractivity contribution is -0.123. The predicted octanol–water partition coefficient (Wildman–Crippen LogP) is 4.36. The van der Waals surface area contributed by atoms with Crippen molar-refractivity contribution in [2.45, 2.75) is 57.9 Å². The fourth-order valence-electron chi connectivity index (χ4n) is 4.67. The van der Waals surface area contributed by atoms with Crippen LogP contribution in [0.15, 0.2) is 28.5 Å². The van der Waals surface area contributed by atoms with Crippen molar-refractivity contribution in [3.8, 4) is 0 Å². The van der Waals surface area contributed by atoms with Gasteiger partial charge in [0.15, 0.2) is 0 Å². The number of thiophene rings is 1. The summed E-state index contributed by atoms with van der Waals surface area (Å²) in [4.78, 5) is 15.1. The number of carbonyl (C=O) groups excluding carboxylic acids is 1. The van der Waals surface area contributed by atoms with E-state index in [0.29, 0.717) is 11.3 Å². The molecular weight excluding hydrogens is 328 g/mol. The SMILES string of the molecule is O=C(NCCC1=CCCCC1)C1CC12CCN(Cc1ccsc1)CC2.